The molecule has 0 radical (unpaired) electrons. The molecule has 0 spiro atoms. The van der Waals surface area contributed by atoms with Crippen LogP contribution in [0.25, 0.3) is 0 Å². The van der Waals surface area contributed by atoms with Gasteiger partial charge in [-0.05, 0) is 12.8 Å². The highest BCUT2D eigenvalue weighted by molar-refractivity contribution is 5.06. The Kier molecular flexibility index (Phi) is 1.30. The van der Waals surface area contributed by atoms with E-state index >= 15 is 0 Å². The third-order valence-corrected chi connectivity index (χ3v) is 1.59. The summed E-state index contributed by atoms with van der Waals surface area (Å²) in [4.78, 5) is 0. The molecule has 2 aliphatic rings. The van der Waals surface area contributed by atoms with Gasteiger partial charge in [-0.15, -0.1) is 0 Å². The van der Waals surface area contributed by atoms with Crippen LogP contribution in [0.5, 0.6) is 0 Å². The van der Waals surface area contributed by atoms with Crippen molar-refractivity contribution in [3.8, 4) is 0 Å². The zero-order valence-corrected chi connectivity index (χ0v) is 4.52. The summed E-state index contributed by atoms with van der Waals surface area (Å²) in [6.07, 6.45) is 2.90. The first-order chi connectivity index (χ1) is 3.47. The van der Waals surface area contributed by atoms with Gasteiger partial charge in [0.15, 0.2) is 0 Å². The van der Waals surface area contributed by atoms with Crippen molar-refractivity contribution in [2.24, 2.45) is 0 Å². The summed E-state index contributed by atoms with van der Waals surface area (Å²) >= 11 is 0. The summed E-state index contributed by atoms with van der Waals surface area (Å²) in [5.41, 5.74) is 0. The predicted octanol–water partition coefficient (Wildman–Crippen LogP) is -0.271. The summed E-state index contributed by atoms with van der Waals surface area (Å²) in [6.45, 7) is 0. The molecule has 1 heterocycles. The number of hydrogen-bond donors (Lipinski definition) is 2. The summed E-state index contributed by atoms with van der Waals surface area (Å²) in [6, 6.07) is 1.96. The van der Waals surface area contributed by atoms with Gasteiger partial charge in [0.25, 0.3) is 0 Å². The molecule has 0 amide bonds. The van der Waals surface area contributed by atoms with Gasteiger partial charge < -0.3 is 10.4 Å². The Morgan fingerprint density at radius 2 is 1.71 bits per heavy atom. The third kappa shape index (κ3) is 0.763. The maximum absolute atomic E-state index is 7.00. The van der Waals surface area contributed by atoms with Crippen molar-refractivity contribution in [1.29, 1.82) is 0 Å². The fourth-order valence-corrected chi connectivity index (χ4v) is 0.886. The molecule has 0 aromatic carbocycles. The Bertz CT molecular complexity index is 53.1. The van der Waals surface area contributed by atoms with E-state index in [2.05, 4.69) is 5.32 Å². The van der Waals surface area contributed by atoms with Crippen LogP contribution < -0.4 is 5.32 Å². The van der Waals surface area contributed by atoms with Crippen LogP contribution in [0.1, 0.15) is 12.8 Å². The molecule has 2 rings (SSSR count). The third-order valence-electron chi connectivity index (χ3n) is 1.59. The zero-order valence-electron chi connectivity index (χ0n) is 4.52. The van der Waals surface area contributed by atoms with Crippen molar-refractivity contribution in [2.45, 2.75) is 24.9 Å². The molecule has 0 bridgehead atoms. The van der Waals surface area contributed by atoms with Crippen molar-refractivity contribution in [3.05, 3.63) is 0 Å². The fourth-order valence-electron chi connectivity index (χ4n) is 0.886. The van der Waals surface area contributed by atoms with Gasteiger partial charge in [-0.3, -0.25) is 0 Å². The Labute approximate surface area is 43.5 Å². The molecular formula is C5H11NO. The van der Waals surface area contributed by atoms with E-state index in [-0.39, 0.29) is 0 Å². The van der Waals surface area contributed by atoms with E-state index < -0.39 is 0 Å². The van der Waals surface area contributed by atoms with Crippen LogP contribution in [0.4, 0.5) is 0 Å². The lowest BCUT2D eigenvalue weighted by atomic mass is 10.0. The van der Waals surface area contributed by atoms with Crippen molar-refractivity contribution in [2.75, 3.05) is 7.11 Å². The highest BCUT2D eigenvalue weighted by Gasteiger charge is 2.43. The molecule has 1 saturated heterocycles. The van der Waals surface area contributed by atoms with E-state index in [4.69, 9.17) is 5.11 Å². The smallest absolute Gasteiger partial charge is 0.0319 e. The average molecular weight is 101 g/mol. The highest BCUT2D eigenvalue weighted by Crippen LogP contribution is 2.31. The number of aliphatic hydroxyl groups is 1. The molecule has 0 aromatic heterocycles. The lowest BCUT2D eigenvalue weighted by Gasteiger charge is -2.01. The first-order valence-electron chi connectivity index (χ1n) is 2.67. The van der Waals surface area contributed by atoms with E-state index in [1.54, 1.807) is 0 Å². The summed E-state index contributed by atoms with van der Waals surface area (Å²) in [7, 11) is 1.00. The van der Waals surface area contributed by atoms with Gasteiger partial charge in [-0.2, -0.15) is 0 Å². The van der Waals surface area contributed by atoms with Crippen LogP contribution in [-0.4, -0.2) is 24.3 Å². The topological polar surface area (TPSA) is 42.2 Å². The van der Waals surface area contributed by atoms with Crippen LogP contribution in [0.15, 0.2) is 0 Å². The molecule has 2 N–H and O–H groups in total. The van der Waals surface area contributed by atoms with E-state index in [1.165, 1.54) is 12.8 Å². The Morgan fingerprint density at radius 1 is 1.29 bits per heavy atom. The second kappa shape index (κ2) is 1.80. The molecular weight excluding hydrogens is 90.1 g/mol. The van der Waals surface area contributed by atoms with Crippen LogP contribution in [0.3, 0.4) is 0 Å². The van der Waals surface area contributed by atoms with Crippen molar-refractivity contribution in [3.63, 3.8) is 0 Å². The Hall–Kier alpha value is -0.0800. The van der Waals surface area contributed by atoms with Gasteiger partial charge >= 0.3 is 0 Å². The Morgan fingerprint density at radius 3 is 1.71 bits per heavy atom. The van der Waals surface area contributed by atoms with E-state index in [9.17, 15) is 0 Å². The lowest BCUT2D eigenvalue weighted by molar-refractivity contribution is 0.399. The number of rotatable bonds is 0. The highest BCUT2D eigenvalue weighted by atomic mass is 16.2. The standard InChI is InChI=1S/C4H7N.CH4O/c1-2-4-3(1)5-4;1-2/h3-5H,1-2H2;2H,1H3. The van der Waals surface area contributed by atoms with Crippen LogP contribution in [0.2, 0.25) is 0 Å². The second-order valence-corrected chi connectivity index (χ2v) is 1.96. The number of hydrogen-bond acceptors (Lipinski definition) is 2. The molecule has 1 saturated carbocycles. The fraction of sp³-hybridized carbons (Fsp3) is 1.00. The normalized spacial score (nSPS) is 42.0. The Balaban J connectivity index is 0.000000112. The largest absolute Gasteiger partial charge is 0.400 e. The molecule has 0 aromatic rings. The molecule has 2 fully saturated rings. The van der Waals surface area contributed by atoms with Gasteiger partial charge in [0.05, 0.1) is 0 Å². The van der Waals surface area contributed by atoms with Gasteiger partial charge in [0.1, 0.15) is 0 Å². The van der Waals surface area contributed by atoms with Crippen LogP contribution in [-0.2, 0) is 0 Å². The molecule has 2 atom stereocenters. The SMILES string of the molecule is C1CC2NC12.CO. The quantitative estimate of drug-likeness (QED) is 0.412. The molecule has 7 heavy (non-hydrogen) atoms. The first kappa shape index (κ1) is 5.06. The van der Waals surface area contributed by atoms with Gasteiger partial charge in [-0.25, -0.2) is 0 Å². The minimum absolute atomic E-state index is 0.981. The minimum Gasteiger partial charge on any atom is -0.400 e. The molecule has 2 heteroatoms. The van der Waals surface area contributed by atoms with Crippen molar-refractivity contribution >= 4 is 0 Å². The van der Waals surface area contributed by atoms with Gasteiger partial charge in [-0.1, -0.05) is 0 Å². The van der Waals surface area contributed by atoms with Gasteiger partial charge in [0, 0.05) is 19.2 Å². The monoisotopic (exact) mass is 101 g/mol. The number of fused-ring (bicyclic) bond motifs is 1. The number of aliphatic hydroxyl groups excluding tert-OH is 1. The van der Waals surface area contributed by atoms with Crippen LogP contribution in [0, 0.1) is 0 Å². The number of nitrogens with one attached hydrogen (secondary N) is 1. The summed E-state index contributed by atoms with van der Waals surface area (Å²) in [5.74, 6) is 0. The summed E-state index contributed by atoms with van der Waals surface area (Å²) < 4.78 is 0. The maximum atomic E-state index is 7.00. The maximum Gasteiger partial charge on any atom is 0.0319 e. The van der Waals surface area contributed by atoms with Crippen LogP contribution >= 0.6 is 0 Å². The predicted molar refractivity (Wildman–Crippen MR) is 28.1 cm³/mol. The average Bonchev–Trinajstić information content (AvgIpc) is 2.21. The van der Waals surface area contributed by atoms with E-state index in [0.717, 1.165) is 19.2 Å². The van der Waals surface area contributed by atoms with E-state index in [1.807, 2.05) is 0 Å². The second-order valence-electron chi connectivity index (χ2n) is 1.96. The first-order valence-corrected chi connectivity index (χ1v) is 2.67. The molecule has 42 valence electrons. The summed E-state index contributed by atoms with van der Waals surface area (Å²) in [5, 5.41) is 10.3. The van der Waals surface area contributed by atoms with Crippen molar-refractivity contribution < 1.29 is 5.11 Å². The lowest BCUT2D eigenvalue weighted by Crippen LogP contribution is -2.04. The molecule has 2 nitrogen and oxygen atoms in total. The molecule has 1 aliphatic heterocycles. The van der Waals surface area contributed by atoms with E-state index in [0.29, 0.717) is 0 Å². The van der Waals surface area contributed by atoms with Gasteiger partial charge in [0.2, 0.25) is 0 Å². The minimum atomic E-state index is 0.981. The van der Waals surface area contributed by atoms with Crippen molar-refractivity contribution in [1.82, 2.24) is 5.32 Å². The molecule has 1 aliphatic carbocycles. The zero-order chi connectivity index (χ0) is 5.28. The molecule has 2 unspecified atom stereocenters.